The molecule has 0 spiro atoms. The molecule has 0 radical (unpaired) electrons. The minimum absolute atomic E-state index is 0.0107. The summed E-state index contributed by atoms with van der Waals surface area (Å²) in [7, 11) is 7.38. The molecule has 1 heterocycles. The van der Waals surface area contributed by atoms with Crippen molar-refractivity contribution in [3.63, 3.8) is 0 Å². The van der Waals surface area contributed by atoms with Crippen molar-refractivity contribution in [2.24, 2.45) is 17.1 Å². The number of aryl methyl sites for hydroxylation is 1. The Bertz CT molecular complexity index is 1510. The van der Waals surface area contributed by atoms with Gasteiger partial charge in [0.15, 0.2) is 11.9 Å². The van der Waals surface area contributed by atoms with E-state index in [1.54, 1.807) is 24.8 Å². The number of fused-ring (bicyclic) bond motifs is 1. The maximum atomic E-state index is 15.6. The van der Waals surface area contributed by atoms with Gasteiger partial charge in [0.2, 0.25) is 0 Å². The van der Waals surface area contributed by atoms with Crippen LogP contribution in [0.1, 0.15) is 90.5 Å². The van der Waals surface area contributed by atoms with Gasteiger partial charge in [0, 0.05) is 26.5 Å². The van der Waals surface area contributed by atoms with Gasteiger partial charge in [-0.1, -0.05) is 13.8 Å². The van der Waals surface area contributed by atoms with Crippen LogP contribution in [0, 0.1) is 24.1 Å². The molecule has 12 heteroatoms. The third-order valence-electron chi connectivity index (χ3n) is 8.78. The number of quaternary nitrogens is 1. The highest BCUT2D eigenvalue weighted by atomic mass is 19.1. The largest absolute Gasteiger partial charge is 0.459 e. The van der Waals surface area contributed by atoms with Gasteiger partial charge in [-0.2, -0.15) is 5.10 Å². The van der Waals surface area contributed by atoms with E-state index in [9.17, 15) is 19.2 Å². The Morgan fingerprint density at radius 3 is 2.46 bits per heavy atom. The fourth-order valence-corrected chi connectivity index (χ4v) is 7.03. The first-order chi connectivity index (χ1) is 21.4. The number of ether oxygens (including phenoxy) is 3. The van der Waals surface area contributed by atoms with Crippen molar-refractivity contribution in [2.75, 3.05) is 34.8 Å². The molecule has 2 aliphatic rings. The number of rotatable bonds is 11. The number of benzene rings is 1. The van der Waals surface area contributed by atoms with Gasteiger partial charge in [0.05, 0.1) is 61.9 Å². The van der Waals surface area contributed by atoms with E-state index in [0.29, 0.717) is 72.1 Å². The van der Waals surface area contributed by atoms with Crippen LogP contribution in [0.3, 0.4) is 0 Å². The molecule has 1 fully saturated rings. The van der Waals surface area contributed by atoms with Crippen molar-refractivity contribution >= 4 is 23.6 Å². The van der Waals surface area contributed by atoms with E-state index in [1.807, 2.05) is 35.0 Å². The number of methoxy groups -OCH3 is 1. The van der Waals surface area contributed by atoms with Crippen molar-refractivity contribution in [1.29, 1.82) is 0 Å². The van der Waals surface area contributed by atoms with Crippen LogP contribution in [0.2, 0.25) is 0 Å². The van der Waals surface area contributed by atoms with Crippen molar-refractivity contribution in [3.05, 3.63) is 46.0 Å². The van der Waals surface area contributed by atoms with Crippen molar-refractivity contribution < 1.29 is 42.3 Å². The van der Waals surface area contributed by atoms with Gasteiger partial charge in [-0.15, -0.1) is 0 Å². The van der Waals surface area contributed by atoms with E-state index in [1.165, 1.54) is 13.0 Å². The van der Waals surface area contributed by atoms with Crippen LogP contribution in [0.4, 0.5) is 4.39 Å². The lowest BCUT2D eigenvalue weighted by Gasteiger charge is -2.35. The molecule has 2 aromatic rings. The summed E-state index contributed by atoms with van der Waals surface area (Å²) in [5, 5.41) is 4.62. The first kappa shape index (κ1) is 35.2. The number of aromatic nitrogens is 2. The monoisotopic (exact) mass is 643 g/mol. The maximum Gasteiger partial charge on any atom is 0.310 e. The number of hydrogen-bond acceptors (Lipinski definition) is 8. The molecule has 2 N–H and O–H groups in total. The van der Waals surface area contributed by atoms with Crippen molar-refractivity contribution in [2.45, 2.75) is 91.0 Å². The normalized spacial score (nSPS) is 21.8. The highest BCUT2D eigenvalue weighted by molar-refractivity contribution is 6.00. The Labute approximate surface area is 270 Å². The molecule has 4 atom stereocenters. The SMILES string of the molecule is COC1CCC(Cc2cc(-n3nc(C)c4c3CC(C)(C)CC4=O)cc(F)c2C(N)=O)CC1OC(=O)CC(C[N+](C)(C)C)OC(C)=O. The molecular weight excluding hydrogens is 595 g/mol. The van der Waals surface area contributed by atoms with Gasteiger partial charge in [-0.3, -0.25) is 19.2 Å². The number of halogens is 1. The average molecular weight is 644 g/mol. The third kappa shape index (κ3) is 8.38. The van der Waals surface area contributed by atoms with E-state index in [2.05, 4.69) is 5.10 Å². The molecular formula is C34H48FN4O7+. The van der Waals surface area contributed by atoms with Crippen molar-refractivity contribution in [3.8, 4) is 5.69 Å². The fourth-order valence-electron chi connectivity index (χ4n) is 7.03. The summed E-state index contributed by atoms with van der Waals surface area (Å²) in [4.78, 5) is 50.2. The first-order valence-electron chi connectivity index (χ1n) is 15.8. The van der Waals surface area contributed by atoms with E-state index in [0.717, 1.165) is 5.69 Å². The zero-order valence-corrected chi connectivity index (χ0v) is 28.3. The number of carbonyl (C=O) groups is 4. The number of ketones is 1. The summed E-state index contributed by atoms with van der Waals surface area (Å²) in [6.07, 6.45) is 1.31. The van der Waals surface area contributed by atoms with E-state index in [-0.39, 0.29) is 35.2 Å². The number of carbonyl (C=O) groups excluding carboxylic acids is 4. The average Bonchev–Trinajstić information content (AvgIpc) is 3.21. The third-order valence-corrected chi connectivity index (χ3v) is 8.78. The van der Waals surface area contributed by atoms with Gasteiger partial charge in [0.25, 0.3) is 5.91 Å². The van der Waals surface area contributed by atoms with Gasteiger partial charge in [0.1, 0.15) is 18.5 Å². The van der Waals surface area contributed by atoms with E-state index >= 15 is 4.39 Å². The molecule has 1 aromatic heterocycles. The molecule has 11 nitrogen and oxygen atoms in total. The van der Waals surface area contributed by atoms with Crippen LogP contribution in [-0.2, 0) is 36.6 Å². The molecule has 1 aromatic carbocycles. The zero-order chi connectivity index (χ0) is 34.1. The predicted molar refractivity (Wildman–Crippen MR) is 168 cm³/mol. The molecule has 1 saturated carbocycles. The molecule has 46 heavy (non-hydrogen) atoms. The number of nitrogens with zero attached hydrogens (tertiary/aromatic N) is 3. The lowest BCUT2D eigenvalue weighted by Crippen LogP contribution is -2.44. The Hall–Kier alpha value is -3.64. The number of esters is 2. The summed E-state index contributed by atoms with van der Waals surface area (Å²) in [6, 6.07) is 2.96. The van der Waals surface area contributed by atoms with Crippen LogP contribution in [0.15, 0.2) is 12.1 Å². The van der Waals surface area contributed by atoms with Crippen LogP contribution in [0.5, 0.6) is 0 Å². The topological polar surface area (TPSA) is 140 Å². The highest BCUT2D eigenvalue weighted by Gasteiger charge is 2.38. The Morgan fingerprint density at radius 2 is 1.85 bits per heavy atom. The minimum atomic E-state index is -0.878. The van der Waals surface area contributed by atoms with Crippen LogP contribution >= 0.6 is 0 Å². The molecule has 0 saturated heterocycles. The zero-order valence-electron chi connectivity index (χ0n) is 28.3. The molecule has 2 aliphatic carbocycles. The summed E-state index contributed by atoms with van der Waals surface area (Å²) >= 11 is 0. The second-order valence-electron chi connectivity index (χ2n) is 14.7. The Balaban J connectivity index is 1.59. The summed E-state index contributed by atoms with van der Waals surface area (Å²) in [6.45, 7) is 7.54. The van der Waals surface area contributed by atoms with Gasteiger partial charge >= 0.3 is 11.9 Å². The summed E-state index contributed by atoms with van der Waals surface area (Å²) in [5.74, 6) is -2.69. The second kappa shape index (κ2) is 13.6. The lowest BCUT2D eigenvalue weighted by molar-refractivity contribution is -0.873. The molecule has 1 amide bonds. The summed E-state index contributed by atoms with van der Waals surface area (Å²) in [5.41, 5.74) is 7.91. The number of primary amides is 1. The standard InChI is InChI=1S/C34H47FN4O7/c1-19-31-26(16-34(3,4)17-27(31)41)38(37-19)23-13-22(32(33(36)43)25(35)14-23)11-21-9-10-28(44-8)29(12-21)46-30(42)15-24(45-20(2)40)18-39(5,6)7/h13-14,21,24,28-29H,9-12,15-18H2,1-8H3,(H-,36,43)/p+1. The number of nitrogens with two attached hydrogens (primary N) is 1. The second-order valence-corrected chi connectivity index (χ2v) is 14.7. The van der Waals surface area contributed by atoms with Gasteiger partial charge < -0.3 is 24.4 Å². The minimum Gasteiger partial charge on any atom is -0.459 e. The number of likely N-dealkylation sites (N-methyl/N-ethyl adjacent to an activating group) is 1. The Kier molecular flexibility index (Phi) is 10.4. The molecule has 0 bridgehead atoms. The van der Waals surface area contributed by atoms with Crippen LogP contribution in [-0.4, -0.2) is 91.0 Å². The van der Waals surface area contributed by atoms with E-state index in [4.69, 9.17) is 19.9 Å². The first-order valence-corrected chi connectivity index (χ1v) is 15.8. The lowest BCUT2D eigenvalue weighted by atomic mass is 9.75. The Morgan fingerprint density at radius 1 is 1.15 bits per heavy atom. The van der Waals surface area contributed by atoms with Crippen molar-refractivity contribution in [1.82, 2.24) is 9.78 Å². The number of hydrogen-bond donors (Lipinski definition) is 1. The van der Waals surface area contributed by atoms with E-state index < -0.39 is 35.9 Å². The predicted octanol–water partition coefficient (Wildman–Crippen LogP) is 3.87. The van der Waals surface area contributed by atoms with Gasteiger partial charge in [-0.25, -0.2) is 9.07 Å². The number of amides is 1. The summed E-state index contributed by atoms with van der Waals surface area (Å²) < 4.78 is 34.7. The highest BCUT2D eigenvalue weighted by Crippen LogP contribution is 2.38. The fraction of sp³-hybridized carbons (Fsp3) is 0.618. The molecule has 0 aliphatic heterocycles. The quantitative estimate of drug-likeness (QED) is 0.288. The maximum absolute atomic E-state index is 15.6. The number of Topliss-reactive ketones (excluding diaryl/α,β-unsaturated/α-hetero) is 1. The molecule has 4 rings (SSSR count). The smallest absolute Gasteiger partial charge is 0.310 e. The van der Waals surface area contributed by atoms with Crippen LogP contribution in [0.25, 0.3) is 5.69 Å². The molecule has 4 unspecified atom stereocenters. The molecule has 252 valence electrons. The van der Waals surface area contributed by atoms with Crippen LogP contribution < -0.4 is 5.73 Å². The van der Waals surface area contributed by atoms with Gasteiger partial charge in [-0.05, 0) is 62.0 Å².